The van der Waals surface area contributed by atoms with Crippen LogP contribution in [0.3, 0.4) is 0 Å². The molecule has 0 spiro atoms. The van der Waals surface area contributed by atoms with Gasteiger partial charge in [-0.1, -0.05) is 18.2 Å². The van der Waals surface area contributed by atoms with E-state index in [4.69, 9.17) is 9.47 Å². The number of carbonyl (C=O) groups is 1. The van der Waals surface area contributed by atoms with E-state index in [1.807, 2.05) is 62.4 Å². The first-order valence-corrected chi connectivity index (χ1v) is 9.07. The second kappa shape index (κ2) is 8.83. The molecule has 0 bridgehead atoms. The number of hydrogen-bond donors (Lipinski definition) is 1. The summed E-state index contributed by atoms with van der Waals surface area (Å²) in [6, 6.07) is 15.2. The van der Waals surface area contributed by atoms with E-state index in [0.29, 0.717) is 5.56 Å². The highest BCUT2D eigenvalue weighted by Crippen LogP contribution is 2.19. The number of nitrogens with zero attached hydrogens (tertiary/aromatic N) is 1. The maximum atomic E-state index is 12.5. The third-order valence-electron chi connectivity index (χ3n) is 4.19. The molecule has 26 heavy (non-hydrogen) atoms. The maximum absolute atomic E-state index is 12.5. The van der Waals surface area contributed by atoms with Gasteiger partial charge in [0.25, 0.3) is 5.91 Å². The molecule has 1 N–H and O–H groups in total. The van der Waals surface area contributed by atoms with Crippen LogP contribution >= 0.6 is 0 Å². The highest BCUT2D eigenvalue weighted by molar-refractivity contribution is 6.04. The summed E-state index contributed by atoms with van der Waals surface area (Å²) in [7, 11) is 0. The number of ether oxygens (including phenoxy) is 2. The monoisotopic (exact) mass is 354 g/mol. The molecule has 1 aliphatic rings. The average Bonchev–Trinajstić information content (AvgIpc) is 2.63. The number of anilines is 1. The highest BCUT2D eigenvalue weighted by Gasteiger charge is 2.12. The van der Waals surface area contributed by atoms with E-state index in [9.17, 15) is 4.79 Å². The zero-order chi connectivity index (χ0) is 18.4. The summed E-state index contributed by atoms with van der Waals surface area (Å²) < 4.78 is 11.0. The Morgan fingerprint density at radius 3 is 2.58 bits per heavy atom. The molecule has 1 aliphatic heterocycles. The van der Waals surface area contributed by atoms with E-state index in [2.05, 4.69) is 10.2 Å². The van der Waals surface area contributed by atoms with Crippen LogP contribution in [0.5, 0.6) is 5.75 Å². The number of rotatable bonds is 6. The van der Waals surface area contributed by atoms with Gasteiger partial charge in [0.2, 0.25) is 0 Å². The fourth-order valence-electron chi connectivity index (χ4n) is 2.90. The molecule has 1 heterocycles. The Morgan fingerprint density at radius 2 is 1.88 bits per heavy atom. The van der Waals surface area contributed by atoms with Gasteiger partial charge in [-0.2, -0.15) is 0 Å². The van der Waals surface area contributed by atoms with Crippen molar-refractivity contribution in [2.75, 3.05) is 31.6 Å². The molecule has 1 saturated heterocycles. The zero-order valence-electron chi connectivity index (χ0n) is 15.4. The van der Waals surface area contributed by atoms with Crippen LogP contribution in [0.2, 0.25) is 0 Å². The first-order chi connectivity index (χ1) is 12.6. The number of benzene rings is 2. The van der Waals surface area contributed by atoms with Crippen molar-refractivity contribution < 1.29 is 14.3 Å². The molecule has 0 aliphatic carbocycles. The molecule has 0 saturated carbocycles. The molecule has 138 valence electrons. The van der Waals surface area contributed by atoms with Gasteiger partial charge in [0.1, 0.15) is 5.75 Å². The summed E-state index contributed by atoms with van der Waals surface area (Å²) in [4.78, 5) is 14.8. The van der Waals surface area contributed by atoms with E-state index >= 15 is 0 Å². The molecule has 0 radical (unpaired) electrons. The molecule has 1 fully saturated rings. The van der Waals surface area contributed by atoms with Gasteiger partial charge in [-0.05, 0) is 43.7 Å². The van der Waals surface area contributed by atoms with Crippen LogP contribution < -0.4 is 10.1 Å². The largest absolute Gasteiger partial charge is 0.491 e. The smallest absolute Gasteiger partial charge is 0.255 e. The van der Waals surface area contributed by atoms with Gasteiger partial charge in [0.05, 0.1) is 19.3 Å². The van der Waals surface area contributed by atoms with E-state index in [1.165, 1.54) is 5.56 Å². The minimum absolute atomic E-state index is 0.0972. The van der Waals surface area contributed by atoms with Gasteiger partial charge in [-0.15, -0.1) is 0 Å². The van der Waals surface area contributed by atoms with Crippen molar-refractivity contribution >= 4 is 11.6 Å². The zero-order valence-corrected chi connectivity index (χ0v) is 15.4. The Morgan fingerprint density at radius 1 is 1.15 bits per heavy atom. The topological polar surface area (TPSA) is 50.8 Å². The first-order valence-electron chi connectivity index (χ1n) is 9.07. The van der Waals surface area contributed by atoms with Crippen molar-refractivity contribution in [3.05, 3.63) is 59.7 Å². The van der Waals surface area contributed by atoms with E-state index < -0.39 is 0 Å². The Labute approximate surface area is 154 Å². The SMILES string of the molecule is CC(C)Oc1cccc(NC(=O)c2ccc(CN3CCOCC3)cc2)c1. The summed E-state index contributed by atoms with van der Waals surface area (Å²) in [5.74, 6) is 0.628. The Bertz CT molecular complexity index is 722. The number of carbonyl (C=O) groups excluding carboxylic acids is 1. The second-order valence-electron chi connectivity index (χ2n) is 6.73. The summed E-state index contributed by atoms with van der Waals surface area (Å²) in [6.45, 7) is 8.33. The fourth-order valence-corrected chi connectivity index (χ4v) is 2.90. The van der Waals surface area contributed by atoms with Gasteiger partial charge >= 0.3 is 0 Å². The summed E-state index contributed by atoms with van der Waals surface area (Å²) in [5, 5.41) is 2.93. The van der Waals surface area contributed by atoms with Crippen LogP contribution in [0.25, 0.3) is 0 Å². The lowest BCUT2D eigenvalue weighted by Gasteiger charge is -2.26. The van der Waals surface area contributed by atoms with Gasteiger partial charge in [-0.25, -0.2) is 0 Å². The van der Waals surface area contributed by atoms with Crippen molar-refractivity contribution in [3.8, 4) is 5.75 Å². The van der Waals surface area contributed by atoms with Crippen LogP contribution in [-0.2, 0) is 11.3 Å². The van der Waals surface area contributed by atoms with E-state index in [-0.39, 0.29) is 12.0 Å². The van der Waals surface area contributed by atoms with Crippen molar-refractivity contribution in [1.82, 2.24) is 4.90 Å². The molecule has 5 heteroatoms. The molecule has 0 atom stereocenters. The molecule has 0 unspecified atom stereocenters. The molecule has 0 aromatic heterocycles. The Balaban J connectivity index is 1.59. The van der Waals surface area contributed by atoms with Crippen molar-refractivity contribution in [2.45, 2.75) is 26.5 Å². The number of morpholine rings is 1. The van der Waals surface area contributed by atoms with Crippen molar-refractivity contribution in [1.29, 1.82) is 0 Å². The number of amides is 1. The molecule has 1 amide bonds. The lowest BCUT2D eigenvalue weighted by atomic mass is 10.1. The molecule has 5 nitrogen and oxygen atoms in total. The minimum atomic E-state index is -0.121. The molecule has 2 aromatic carbocycles. The number of hydrogen-bond acceptors (Lipinski definition) is 4. The van der Waals surface area contributed by atoms with Gasteiger partial charge < -0.3 is 14.8 Å². The van der Waals surface area contributed by atoms with E-state index in [0.717, 1.165) is 44.3 Å². The predicted molar refractivity (Wildman–Crippen MR) is 103 cm³/mol. The van der Waals surface area contributed by atoms with Crippen LogP contribution in [-0.4, -0.2) is 43.2 Å². The summed E-state index contributed by atoms with van der Waals surface area (Å²) >= 11 is 0. The first kappa shape index (κ1) is 18.4. The van der Waals surface area contributed by atoms with Crippen LogP contribution in [0.15, 0.2) is 48.5 Å². The predicted octanol–water partition coefficient (Wildman–Crippen LogP) is 3.56. The molecule has 3 rings (SSSR count). The maximum Gasteiger partial charge on any atom is 0.255 e. The normalized spacial score (nSPS) is 15.0. The lowest BCUT2D eigenvalue weighted by molar-refractivity contribution is 0.0342. The fraction of sp³-hybridized carbons (Fsp3) is 0.381. The third-order valence-corrected chi connectivity index (χ3v) is 4.19. The molecule has 2 aromatic rings. The van der Waals surface area contributed by atoms with Crippen molar-refractivity contribution in [2.24, 2.45) is 0 Å². The second-order valence-corrected chi connectivity index (χ2v) is 6.73. The van der Waals surface area contributed by atoms with Crippen LogP contribution in [0.1, 0.15) is 29.8 Å². The average molecular weight is 354 g/mol. The lowest BCUT2D eigenvalue weighted by Crippen LogP contribution is -2.35. The quantitative estimate of drug-likeness (QED) is 0.862. The standard InChI is InChI=1S/C21H26N2O3/c1-16(2)26-20-5-3-4-19(14-20)22-21(24)18-8-6-17(7-9-18)15-23-10-12-25-13-11-23/h3-9,14,16H,10-13,15H2,1-2H3,(H,22,24). The summed E-state index contributed by atoms with van der Waals surface area (Å²) in [5.41, 5.74) is 2.58. The third kappa shape index (κ3) is 5.31. The van der Waals surface area contributed by atoms with Gasteiger partial charge in [-0.3, -0.25) is 9.69 Å². The van der Waals surface area contributed by atoms with Crippen molar-refractivity contribution in [3.63, 3.8) is 0 Å². The Hall–Kier alpha value is -2.37. The Kier molecular flexibility index (Phi) is 6.26. The number of nitrogens with one attached hydrogen (secondary N) is 1. The van der Waals surface area contributed by atoms with Gasteiger partial charge in [0.15, 0.2) is 0 Å². The molecular weight excluding hydrogens is 328 g/mol. The van der Waals surface area contributed by atoms with Crippen LogP contribution in [0, 0.1) is 0 Å². The summed E-state index contributed by atoms with van der Waals surface area (Å²) in [6.07, 6.45) is 0.0972. The minimum Gasteiger partial charge on any atom is -0.491 e. The molecular formula is C21H26N2O3. The van der Waals surface area contributed by atoms with Crippen LogP contribution in [0.4, 0.5) is 5.69 Å². The highest BCUT2D eigenvalue weighted by atomic mass is 16.5. The van der Waals surface area contributed by atoms with Gasteiger partial charge in [0, 0.05) is 37.0 Å². The van der Waals surface area contributed by atoms with E-state index in [1.54, 1.807) is 0 Å².